The summed E-state index contributed by atoms with van der Waals surface area (Å²) in [6.07, 6.45) is -3.00. The van der Waals surface area contributed by atoms with Gasteiger partial charge in [-0.3, -0.25) is 0 Å². The highest BCUT2D eigenvalue weighted by Gasteiger charge is 2.31. The third-order valence-electron chi connectivity index (χ3n) is 3.88. The lowest BCUT2D eigenvalue weighted by Gasteiger charge is -2.19. The molecule has 1 aliphatic rings. The number of nitrogens with one attached hydrogen (secondary N) is 1. The summed E-state index contributed by atoms with van der Waals surface area (Å²) in [5.74, 6) is 0.348. The first kappa shape index (κ1) is 16.7. The molecule has 0 aliphatic carbocycles. The van der Waals surface area contributed by atoms with E-state index in [9.17, 15) is 21.6 Å². The van der Waals surface area contributed by atoms with Crippen LogP contribution >= 0.6 is 0 Å². The van der Waals surface area contributed by atoms with Crippen molar-refractivity contribution in [3.63, 3.8) is 0 Å². The van der Waals surface area contributed by atoms with E-state index >= 15 is 0 Å². The SMILES string of the molecule is CNS(=O)(=O)c1ccc2c(c1)N(c1ccc(C(F)(F)F)cn1)CC2. The highest BCUT2D eigenvalue weighted by molar-refractivity contribution is 7.89. The van der Waals surface area contributed by atoms with Crippen LogP contribution in [0.1, 0.15) is 11.1 Å². The zero-order valence-electron chi connectivity index (χ0n) is 12.6. The minimum absolute atomic E-state index is 0.0996. The molecule has 3 rings (SSSR count). The average molecular weight is 357 g/mol. The molecule has 0 saturated heterocycles. The molecule has 0 saturated carbocycles. The van der Waals surface area contributed by atoms with Gasteiger partial charge in [-0.1, -0.05) is 6.07 Å². The van der Waals surface area contributed by atoms with Gasteiger partial charge in [0.25, 0.3) is 0 Å². The number of anilines is 2. The van der Waals surface area contributed by atoms with Crippen LogP contribution in [0.3, 0.4) is 0 Å². The number of fused-ring (bicyclic) bond motifs is 1. The smallest absolute Gasteiger partial charge is 0.326 e. The Morgan fingerprint density at radius 1 is 1.21 bits per heavy atom. The van der Waals surface area contributed by atoms with Crippen LogP contribution in [0.4, 0.5) is 24.7 Å². The lowest BCUT2D eigenvalue weighted by Crippen LogP contribution is -2.19. The van der Waals surface area contributed by atoms with Gasteiger partial charge in [-0.15, -0.1) is 0 Å². The van der Waals surface area contributed by atoms with Gasteiger partial charge >= 0.3 is 6.18 Å². The van der Waals surface area contributed by atoms with Crippen LogP contribution < -0.4 is 9.62 Å². The fourth-order valence-corrected chi connectivity index (χ4v) is 3.35. The molecule has 1 aliphatic heterocycles. The normalized spacial score (nSPS) is 14.8. The first-order valence-corrected chi connectivity index (χ1v) is 8.58. The third kappa shape index (κ3) is 2.96. The summed E-state index contributed by atoms with van der Waals surface area (Å²) in [6.45, 7) is 0.525. The van der Waals surface area contributed by atoms with Crippen LogP contribution in [0.2, 0.25) is 0 Å². The number of hydrogen-bond acceptors (Lipinski definition) is 4. The second kappa shape index (κ2) is 5.75. The highest BCUT2D eigenvalue weighted by Crippen LogP contribution is 2.36. The van der Waals surface area contributed by atoms with E-state index in [1.54, 1.807) is 11.0 Å². The van der Waals surface area contributed by atoms with Crippen molar-refractivity contribution in [3.05, 3.63) is 47.7 Å². The third-order valence-corrected chi connectivity index (χ3v) is 5.30. The summed E-state index contributed by atoms with van der Waals surface area (Å²) in [5, 5.41) is 0. The van der Waals surface area contributed by atoms with Crippen LogP contribution in [-0.4, -0.2) is 27.0 Å². The molecule has 2 aromatic rings. The van der Waals surface area contributed by atoms with E-state index in [0.29, 0.717) is 24.5 Å². The van der Waals surface area contributed by atoms with E-state index < -0.39 is 21.8 Å². The Balaban J connectivity index is 1.98. The molecule has 1 aromatic heterocycles. The van der Waals surface area contributed by atoms with Gasteiger partial charge in [0, 0.05) is 18.4 Å². The fraction of sp³-hybridized carbons (Fsp3) is 0.267. The maximum Gasteiger partial charge on any atom is 0.417 e. The van der Waals surface area contributed by atoms with Crippen LogP contribution in [-0.2, 0) is 22.6 Å². The summed E-state index contributed by atoms with van der Waals surface area (Å²) >= 11 is 0. The van der Waals surface area contributed by atoms with Crippen molar-refractivity contribution in [1.29, 1.82) is 0 Å². The molecule has 1 N–H and O–H groups in total. The van der Waals surface area contributed by atoms with Gasteiger partial charge in [-0.05, 0) is 43.3 Å². The topological polar surface area (TPSA) is 62.3 Å². The number of benzene rings is 1. The van der Waals surface area contributed by atoms with Gasteiger partial charge < -0.3 is 4.90 Å². The number of hydrogen-bond donors (Lipinski definition) is 1. The van der Waals surface area contributed by atoms with Crippen molar-refractivity contribution >= 4 is 21.5 Å². The zero-order valence-corrected chi connectivity index (χ0v) is 13.4. The van der Waals surface area contributed by atoms with Gasteiger partial charge in [0.05, 0.1) is 10.5 Å². The molecule has 0 spiro atoms. The Bertz CT molecular complexity index is 865. The van der Waals surface area contributed by atoms with Gasteiger partial charge in [0.15, 0.2) is 0 Å². The Morgan fingerprint density at radius 2 is 1.96 bits per heavy atom. The molecule has 0 unspecified atom stereocenters. The van der Waals surface area contributed by atoms with Crippen LogP contribution in [0.25, 0.3) is 0 Å². The first-order chi connectivity index (χ1) is 11.2. The molecule has 2 heterocycles. The molecule has 0 atom stereocenters. The lowest BCUT2D eigenvalue weighted by atomic mass is 10.2. The Morgan fingerprint density at radius 3 is 2.54 bits per heavy atom. The molecule has 5 nitrogen and oxygen atoms in total. The molecule has 128 valence electrons. The number of pyridine rings is 1. The maximum absolute atomic E-state index is 12.6. The second-order valence-electron chi connectivity index (χ2n) is 5.30. The van der Waals surface area contributed by atoms with Crippen molar-refractivity contribution in [3.8, 4) is 0 Å². The lowest BCUT2D eigenvalue weighted by molar-refractivity contribution is -0.137. The van der Waals surface area contributed by atoms with E-state index in [2.05, 4.69) is 9.71 Å². The van der Waals surface area contributed by atoms with Crippen molar-refractivity contribution in [1.82, 2.24) is 9.71 Å². The number of aromatic nitrogens is 1. The van der Waals surface area contributed by atoms with E-state index in [-0.39, 0.29) is 4.90 Å². The minimum atomic E-state index is -4.44. The molecule has 24 heavy (non-hydrogen) atoms. The summed E-state index contributed by atoms with van der Waals surface area (Å²) in [5.41, 5.74) is 0.738. The van der Waals surface area contributed by atoms with E-state index in [4.69, 9.17) is 0 Å². The Hall–Kier alpha value is -2.13. The molecule has 0 bridgehead atoms. The van der Waals surface area contributed by atoms with E-state index in [1.165, 1.54) is 25.2 Å². The monoisotopic (exact) mass is 357 g/mol. The molecule has 1 aromatic carbocycles. The van der Waals surface area contributed by atoms with Crippen molar-refractivity contribution in [2.24, 2.45) is 0 Å². The standard InChI is InChI=1S/C15H14F3N3O2S/c1-19-24(22,23)12-4-2-10-6-7-21(13(10)8-12)14-5-3-11(9-20-14)15(16,17)18/h2-5,8-9,19H,6-7H2,1H3. The molecule has 0 fully saturated rings. The van der Waals surface area contributed by atoms with Crippen molar-refractivity contribution in [2.75, 3.05) is 18.5 Å². The van der Waals surface area contributed by atoms with Crippen LogP contribution in [0.15, 0.2) is 41.4 Å². The number of sulfonamides is 1. The molecule has 0 radical (unpaired) electrons. The summed E-state index contributed by atoms with van der Waals surface area (Å²) in [6, 6.07) is 6.98. The quantitative estimate of drug-likeness (QED) is 0.918. The van der Waals surface area contributed by atoms with Gasteiger partial charge in [-0.25, -0.2) is 18.1 Å². The molecule has 9 heteroatoms. The van der Waals surface area contributed by atoms with Gasteiger partial charge in [-0.2, -0.15) is 13.2 Å². The predicted molar refractivity (Wildman–Crippen MR) is 82.6 cm³/mol. The van der Waals surface area contributed by atoms with Crippen molar-refractivity contribution in [2.45, 2.75) is 17.5 Å². The Labute approximate surface area is 137 Å². The van der Waals surface area contributed by atoms with Gasteiger partial charge in [0.2, 0.25) is 10.0 Å². The largest absolute Gasteiger partial charge is 0.417 e. The summed E-state index contributed by atoms with van der Waals surface area (Å²) in [7, 11) is -2.28. The second-order valence-corrected chi connectivity index (χ2v) is 7.19. The molecular formula is C15H14F3N3O2S. The van der Waals surface area contributed by atoms with Crippen molar-refractivity contribution < 1.29 is 21.6 Å². The fourth-order valence-electron chi connectivity index (χ4n) is 2.60. The zero-order chi connectivity index (χ0) is 17.5. The Kier molecular flexibility index (Phi) is 4.00. The number of rotatable bonds is 3. The number of alkyl halides is 3. The number of nitrogens with zero attached hydrogens (tertiary/aromatic N) is 2. The predicted octanol–water partition coefficient (Wildman–Crippen LogP) is 2.70. The average Bonchev–Trinajstić information content (AvgIpc) is 2.97. The first-order valence-electron chi connectivity index (χ1n) is 7.09. The number of halogens is 3. The van der Waals surface area contributed by atoms with Gasteiger partial charge in [0.1, 0.15) is 5.82 Å². The summed E-state index contributed by atoms with van der Waals surface area (Å²) < 4.78 is 64.0. The summed E-state index contributed by atoms with van der Waals surface area (Å²) in [4.78, 5) is 5.69. The van der Waals surface area contributed by atoms with E-state index in [0.717, 1.165) is 17.8 Å². The highest BCUT2D eigenvalue weighted by atomic mass is 32.2. The molecule has 0 amide bonds. The maximum atomic E-state index is 12.6. The van der Waals surface area contributed by atoms with E-state index in [1.807, 2.05) is 0 Å². The minimum Gasteiger partial charge on any atom is -0.326 e. The molecular weight excluding hydrogens is 343 g/mol. The van der Waals surface area contributed by atoms with Crippen LogP contribution in [0, 0.1) is 0 Å². The van der Waals surface area contributed by atoms with Crippen LogP contribution in [0.5, 0.6) is 0 Å².